The summed E-state index contributed by atoms with van der Waals surface area (Å²) >= 11 is 9.54. The van der Waals surface area contributed by atoms with Gasteiger partial charge in [0.05, 0.1) is 5.54 Å². The maximum absolute atomic E-state index is 11.1. The van der Waals surface area contributed by atoms with Crippen molar-refractivity contribution in [1.29, 1.82) is 0 Å². The Morgan fingerprint density at radius 3 is 2.82 bits per heavy atom. The zero-order valence-electron chi connectivity index (χ0n) is 11.9. The summed E-state index contributed by atoms with van der Waals surface area (Å²) in [5, 5.41) is 9.38. The van der Waals surface area contributed by atoms with Crippen molar-refractivity contribution in [3.63, 3.8) is 0 Å². The van der Waals surface area contributed by atoms with Gasteiger partial charge < -0.3 is 14.9 Å². The van der Waals surface area contributed by atoms with Crippen LogP contribution in [0.15, 0.2) is 16.7 Å². The first-order valence-corrected chi connectivity index (χ1v) is 7.68. The molecule has 7 nitrogen and oxygen atoms in total. The Labute approximate surface area is 140 Å². The van der Waals surface area contributed by atoms with Gasteiger partial charge in [-0.2, -0.15) is 0 Å². The fourth-order valence-electron chi connectivity index (χ4n) is 2.46. The molecule has 2 aromatic rings. The molecule has 0 unspecified atom stereocenters. The third-order valence-corrected chi connectivity index (χ3v) is 4.58. The van der Waals surface area contributed by atoms with Crippen LogP contribution >= 0.6 is 27.5 Å². The number of aromatic nitrogens is 3. The molecule has 1 saturated heterocycles. The average Bonchev–Trinajstić information content (AvgIpc) is 2.42. The van der Waals surface area contributed by atoms with Crippen LogP contribution in [-0.4, -0.2) is 56.7 Å². The number of pyridine rings is 1. The van der Waals surface area contributed by atoms with Gasteiger partial charge in [-0.15, -0.1) is 0 Å². The summed E-state index contributed by atoms with van der Waals surface area (Å²) in [6, 6.07) is 1.80. The third kappa shape index (κ3) is 2.46. The number of amides is 1. The number of anilines is 1. The van der Waals surface area contributed by atoms with Gasteiger partial charge >= 0.3 is 6.09 Å². The van der Waals surface area contributed by atoms with Gasteiger partial charge in [0.15, 0.2) is 16.6 Å². The van der Waals surface area contributed by atoms with Gasteiger partial charge in [0.1, 0.15) is 5.52 Å². The van der Waals surface area contributed by atoms with E-state index in [4.69, 9.17) is 16.7 Å². The summed E-state index contributed by atoms with van der Waals surface area (Å²) in [6.45, 7) is 2.90. The number of nitrogens with zero attached hydrogens (tertiary/aromatic N) is 5. The zero-order chi connectivity index (χ0) is 16.1. The van der Waals surface area contributed by atoms with E-state index >= 15 is 0 Å². The predicted molar refractivity (Wildman–Crippen MR) is 86.4 cm³/mol. The van der Waals surface area contributed by atoms with E-state index in [0.717, 1.165) is 4.47 Å². The lowest BCUT2D eigenvalue weighted by atomic mass is 9.91. The molecule has 1 fully saturated rings. The molecule has 0 bridgehead atoms. The van der Waals surface area contributed by atoms with Gasteiger partial charge in [0.2, 0.25) is 0 Å². The zero-order valence-corrected chi connectivity index (χ0v) is 14.3. The molecule has 0 spiro atoms. The Balaban J connectivity index is 1.88. The smallest absolute Gasteiger partial charge is 0.407 e. The van der Waals surface area contributed by atoms with Gasteiger partial charge in [-0.3, -0.25) is 0 Å². The molecule has 9 heteroatoms. The first kappa shape index (κ1) is 15.2. The molecular weight excluding hydrogens is 374 g/mol. The van der Waals surface area contributed by atoms with Crippen LogP contribution in [0.4, 0.5) is 10.6 Å². The first-order chi connectivity index (χ1) is 10.3. The Hall–Kier alpha value is -1.67. The summed E-state index contributed by atoms with van der Waals surface area (Å²) in [6.07, 6.45) is 0.692. The Kier molecular flexibility index (Phi) is 3.60. The van der Waals surface area contributed by atoms with Crippen molar-refractivity contribution < 1.29 is 9.90 Å². The molecule has 1 amide bonds. The number of halogens is 2. The Bertz CT molecular complexity index is 765. The Morgan fingerprint density at radius 1 is 1.50 bits per heavy atom. The van der Waals surface area contributed by atoms with Gasteiger partial charge in [0, 0.05) is 30.8 Å². The molecule has 0 aromatic carbocycles. The van der Waals surface area contributed by atoms with Crippen LogP contribution in [-0.2, 0) is 0 Å². The SMILES string of the molecule is CN(C(=O)O)C1(C)CN(c2nc3ncc(Br)cc3nc2Cl)C1. The molecular formula is C13H13BrClN5O2. The van der Waals surface area contributed by atoms with Crippen molar-refractivity contribution in [3.8, 4) is 0 Å². The second-order valence-corrected chi connectivity index (χ2v) is 6.80. The highest BCUT2D eigenvalue weighted by Gasteiger charge is 2.45. The molecule has 3 rings (SSSR count). The lowest BCUT2D eigenvalue weighted by molar-refractivity contribution is 0.0847. The lowest BCUT2D eigenvalue weighted by Gasteiger charge is -2.52. The molecule has 1 N–H and O–H groups in total. The minimum atomic E-state index is -0.954. The molecule has 22 heavy (non-hydrogen) atoms. The van der Waals surface area contributed by atoms with E-state index in [1.165, 1.54) is 4.90 Å². The van der Waals surface area contributed by atoms with E-state index in [1.807, 2.05) is 11.8 Å². The van der Waals surface area contributed by atoms with Crippen LogP contribution in [0.2, 0.25) is 5.15 Å². The minimum Gasteiger partial charge on any atom is -0.465 e. The van der Waals surface area contributed by atoms with E-state index in [9.17, 15) is 4.79 Å². The first-order valence-electron chi connectivity index (χ1n) is 6.51. The highest BCUT2D eigenvalue weighted by Crippen LogP contribution is 2.34. The number of likely N-dealkylation sites (N-methyl/N-ethyl adjacent to an activating group) is 1. The average molecular weight is 387 g/mol. The second-order valence-electron chi connectivity index (χ2n) is 5.53. The van der Waals surface area contributed by atoms with Crippen molar-refractivity contribution in [3.05, 3.63) is 21.9 Å². The molecule has 116 valence electrons. The quantitative estimate of drug-likeness (QED) is 0.854. The van der Waals surface area contributed by atoms with Crippen LogP contribution in [0, 0.1) is 0 Å². The van der Waals surface area contributed by atoms with E-state index in [2.05, 4.69) is 30.9 Å². The van der Waals surface area contributed by atoms with Crippen LogP contribution < -0.4 is 4.90 Å². The number of hydrogen-bond acceptors (Lipinski definition) is 5. The van der Waals surface area contributed by atoms with Gasteiger partial charge in [-0.1, -0.05) is 11.6 Å². The van der Waals surface area contributed by atoms with Crippen molar-refractivity contribution in [1.82, 2.24) is 19.9 Å². The summed E-state index contributed by atoms with van der Waals surface area (Å²) in [7, 11) is 1.56. The molecule has 3 heterocycles. The van der Waals surface area contributed by atoms with Gasteiger partial charge in [-0.25, -0.2) is 19.7 Å². The lowest BCUT2D eigenvalue weighted by Crippen LogP contribution is -2.69. The topological polar surface area (TPSA) is 82.5 Å². The van der Waals surface area contributed by atoms with Crippen molar-refractivity contribution in [2.75, 3.05) is 25.0 Å². The van der Waals surface area contributed by atoms with Crippen LogP contribution in [0.3, 0.4) is 0 Å². The van der Waals surface area contributed by atoms with Crippen LogP contribution in [0.25, 0.3) is 11.2 Å². The summed E-state index contributed by atoms with van der Waals surface area (Å²) in [5.41, 5.74) is 0.649. The number of carbonyl (C=O) groups is 1. The maximum atomic E-state index is 11.1. The minimum absolute atomic E-state index is 0.285. The molecule has 0 aliphatic carbocycles. The van der Waals surface area contributed by atoms with E-state index in [0.29, 0.717) is 30.1 Å². The highest BCUT2D eigenvalue weighted by molar-refractivity contribution is 9.10. The largest absolute Gasteiger partial charge is 0.465 e. The van der Waals surface area contributed by atoms with Crippen LogP contribution in [0.5, 0.6) is 0 Å². The number of rotatable bonds is 2. The summed E-state index contributed by atoms with van der Waals surface area (Å²) in [5.74, 6) is 0.528. The Morgan fingerprint density at radius 2 is 2.18 bits per heavy atom. The van der Waals surface area contributed by atoms with Crippen molar-refractivity contribution in [2.24, 2.45) is 0 Å². The molecule has 0 saturated carbocycles. The number of fused-ring (bicyclic) bond motifs is 1. The molecule has 2 aromatic heterocycles. The summed E-state index contributed by atoms with van der Waals surface area (Å²) < 4.78 is 0.803. The number of hydrogen-bond donors (Lipinski definition) is 1. The van der Waals surface area contributed by atoms with E-state index in [1.54, 1.807) is 19.3 Å². The normalized spacial score (nSPS) is 16.5. The third-order valence-electron chi connectivity index (χ3n) is 3.89. The van der Waals surface area contributed by atoms with Gasteiger partial charge in [-0.05, 0) is 28.9 Å². The maximum Gasteiger partial charge on any atom is 0.407 e. The van der Waals surface area contributed by atoms with Crippen molar-refractivity contribution >= 4 is 50.6 Å². The highest BCUT2D eigenvalue weighted by atomic mass is 79.9. The van der Waals surface area contributed by atoms with Crippen LogP contribution in [0.1, 0.15) is 6.92 Å². The second kappa shape index (κ2) is 5.20. The fraction of sp³-hybridized carbons (Fsp3) is 0.385. The fourth-order valence-corrected chi connectivity index (χ4v) is 3.03. The van der Waals surface area contributed by atoms with Gasteiger partial charge in [0.25, 0.3) is 0 Å². The summed E-state index contributed by atoms with van der Waals surface area (Å²) in [4.78, 5) is 27.3. The van der Waals surface area contributed by atoms with Crippen molar-refractivity contribution in [2.45, 2.75) is 12.5 Å². The number of carboxylic acid groups (broad SMARTS) is 1. The molecule has 0 atom stereocenters. The monoisotopic (exact) mass is 385 g/mol. The van der Waals surface area contributed by atoms with E-state index in [-0.39, 0.29) is 5.15 Å². The molecule has 0 radical (unpaired) electrons. The molecule has 1 aliphatic heterocycles. The predicted octanol–water partition coefficient (Wildman–Crippen LogP) is 2.63. The van der Waals surface area contributed by atoms with E-state index < -0.39 is 11.6 Å². The molecule has 1 aliphatic rings. The standard InChI is InChI=1S/C13H13BrClN5O2/c1-13(19(2)12(21)22)5-20(6-13)11-9(15)17-8-3-7(14)4-16-10(8)18-11/h3-4H,5-6H2,1-2H3,(H,21,22).